The van der Waals surface area contributed by atoms with E-state index in [1.807, 2.05) is 6.92 Å². The zero-order valence-electron chi connectivity index (χ0n) is 17.6. The van der Waals surface area contributed by atoms with Gasteiger partial charge in [-0.1, -0.05) is 0 Å². The number of esters is 1. The molecule has 0 saturated heterocycles. The summed E-state index contributed by atoms with van der Waals surface area (Å²) < 4.78 is 32.6. The number of aromatic nitrogens is 3. The summed E-state index contributed by atoms with van der Waals surface area (Å²) >= 11 is 1.29. The SMILES string of the molecule is Cc1csc(NC(=O)COC(=O)CCc2nc3cc(S(=O)(=O)N(C)C)ccc3n2C)n1. The molecule has 2 heterocycles. The summed E-state index contributed by atoms with van der Waals surface area (Å²) in [5.41, 5.74) is 2.07. The minimum absolute atomic E-state index is 0.0314. The number of amides is 1. The van der Waals surface area contributed by atoms with Crippen molar-refractivity contribution < 1.29 is 22.7 Å². The lowest BCUT2D eigenvalue weighted by atomic mass is 10.3. The Morgan fingerprint density at radius 3 is 2.65 bits per heavy atom. The number of anilines is 1. The van der Waals surface area contributed by atoms with Crippen molar-refractivity contribution in [2.24, 2.45) is 7.05 Å². The zero-order chi connectivity index (χ0) is 22.8. The standard InChI is InChI=1S/C19H23N5O5S2/c1-12-11-30-19(20-12)22-17(25)10-29-18(26)8-7-16-21-14-9-13(31(27,28)23(2)3)5-6-15(14)24(16)4/h5-6,9,11H,7-8,10H2,1-4H3,(H,20,22,25). The van der Waals surface area contributed by atoms with Gasteiger partial charge in [-0.15, -0.1) is 11.3 Å². The van der Waals surface area contributed by atoms with Crippen molar-refractivity contribution in [3.05, 3.63) is 35.1 Å². The number of imidazole rings is 1. The average molecular weight is 466 g/mol. The van der Waals surface area contributed by atoms with E-state index in [9.17, 15) is 18.0 Å². The molecule has 0 aliphatic rings. The van der Waals surface area contributed by atoms with E-state index < -0.39 is 28.5 Å². The van der Waals surface area contributed by atoms with Crippen molar-refractivity contribution in [2.75, 3.05) is 26.0 Å². The number of rotatable bonds is 8. The molecule has 0 aliphatic carbocycles. The van der Waals surface area contributed by atoms with Gasteiger partial charge in [0.05, 0.1) is 28.0 Å². The summed E-state index contributed by atoms with van der Waals surface area (Å²) in [5.74, 6) is -0.387. The van der Waals surface area contributed by atoms with Crippen LogP contribution in [0.2, 0.25) is 0 Å². The fraction of sp³-hybridized carbons (Fsp3) is 0.368. The molecule has 1 amide bonds. The van der Waals surface area contributed by atoms with Gasteiger partial charge in [-0.25, -0.2) is 22.7 Å². The van der Waals surface area contributed by atoms with Crippen LogP contribution in [0.25, 0.3) is 11.0 Å². The second-order valence-electron chi connectivity index (χ2n) is 7.03. The number of thiazole rings is 1. The van der Waals surface area contributed by atoms with Gasteiger partial charge in [0.15, 0.2) is 11.7 Å². The third-order valence-corrected chi connectivity index (χ3v) is 7.19. The Bertz CT molecular complexity index is 1230. The summed E-state index contributed by atoms with van der Waals surface area (Å²) in [4.78, 5) is 32.6. The van der Waals surface area contributed by atoms with E-state index in [-0.39, 0.29) is 17.7 Å². The fourth-order valence-electron chi connectivity index (χ4n) is 2.82. The van der Waals surface area contributed by atoms with Crippen molar-refractivity contribution >= 4 is 49.4 Å². The van der Waals surface area contributed by atoms with E-state index in [2.05, 4.69) is 15.3 Å². The Balaban J connectivity index is 1.59. The van der Waals surface area contributed by atoms with Crippen LogP contribution in [-0.4, -0.2) is 59.8 Å². The van der Waals surface area contributed by atoms with Gasteiger partial charge in [0.1, 0.15) is 5.82 Å². The van der Waals surface area contributed by atoms with Gasteiger partial charge in [-0.05, 0) is 25.1 Å². The predicted octanol–water partition coefficient (Wildman–Crippen LogP) is 1.70. The molecular formula is C19H23N5O5S2. The van der Waals surface area contributed by atoms with Gasteiger partial charge in [-0.3, -0.25) is 14.9 Å². The molecule has 12 heteroatoms. The van der Waals surface area contributed by atoms with E-state index in [0.717, 1.165) is 15.5 Å². The zero-order valence-corrected chi connectivity index (χ0v) is 19.2. The number of hydrogen-bond acceptors (Lipinski definition) is 8. The lowest BCUT2D eigenvalue weighted by Gasteiger charge is -2.10. The van der Waals surface area contributed by atoms with Crippen LogP contribution in [0.5, 0.6) is 0 Å². The number of ether oxygens (including phenoxy) is 1. The van der Waals surface area contributed by atoms with Crippen LogP contribution in [0.1, 0.15) is 17.9 Å². The number of nitrogens with zero attached hydrogens (tertiary/aromatic N) is 4. The average Bonchev–Trinajstić information content (AvgIpc) is 3.26. The van der Waals surface area contributed by atoms with Crippen LogP contribution in [0.15, 0.2) is 28.5 Å². The fourth-order valence-corrected chi connectivity index (χ4v) is 4.45. The maximum Gasteiger partial charge on any atom is 0.306 e. The molecule has 3 rings (SSSR count). The highest BCUT2D eigenvalue weighted by atomic mass is 32.2. The lowest BCUT2D eigenvalue weighted by molar-refractivity contribution is -0.147. The van der Waals surface area contributed by atoms with Crippen molar-refractivity contribution in [3.63, 3.8) is 0 Å². The molecule has 0 saturated carbocycles. The van der Waals surface area contributed by atoms with Crippen molar-refractivity contribution in [2.45, 2.75) is 24.7 Å². The summed E-state index contributed by atoms with van der Waals surface area (Å²) in [6.07, 6.45) is 0.316. The Hall–Kier alpha value is -2.83. The first kappa shape index (κ1) is 22.8. The molecule has 0 spiro atoms. The summed E-state index contributed by atoms with van der Waals surface area (Å²) in [6.45, 7) is 1.42. The van der Waals surface area contributed by atoms with Crippen LogP contribution in [0.3, 0.4) is 0 Å². The van der Waals surface area contributed by atoms with E-state index in [1.54, 1.807) is 23.1 Å². The topological polar surface area (TPSA) is 123 Å². The number of benzene rings is 1. The van der Waals surface area contributed by atoms with E-state index in [4.69, 9.17) is 4.74 Å². The molecule has 0 bridgehead atoms. The predicted molar refractivity (Wildman–Crippen MR) is 116 cm³/mol. The lowest BCUT2D eigenvalue weighted by Crippen LogP contribution is -2.22. The molecule has 1 N–H and O–H groups in total. The molecular weight excluding hydrogens is 442 g/mol. The minimum Gasteiger partial charge on any atom is -0.456 e. The number of aryl methyl sites for hydroxylation is 3. The van der Waals surface area contributed by atoms with Crippen LogP contribution >= 0.6 is 11.3 Å². The quantitative estimate of drug-likeness (QED) is 0.502. The van der Waals surface area contributed by atoms with Gasteiger partial charge in [-0.2, -0.15) is 0 Å². The van der Waals surface area contributed by atoms with Gasteiger partial charge >= 0.3 is 5.97 Å². The molecule has 0 radical (unpaired) electrons. The second kappa shape index (κ2) is 9.12. The van der Waals surface area contributed by atoms with Gasteiger partial charge in [0.2, 0.25) is 10.0 Å². The minimum atomic E-state index is -3.57. The Morgan fingerprint density at radius 2 is 2.00 bits per heavy atom. The molecule has 0 atom stereocenters. The summed E-state index contributed by atoms with van der Waals surface area (Å²) in [6, 6.07) is 4.72. The van der Waals surface area contributed by atoms with Crippen molar-refractivity contribution in [1.29, 1.82) is 0 Å². The monoisotopic (exact) mass is 465 g/mol. The first-order chi connectivity index (χ1) is 14.6. The molecule has 1 aromatic carbocycles. The largest absolute Gasteiger partial charge is 0.456 e. The van der Waals surface area contributed by atoms with Crippen LogP contribution in [0.4, 0.5) is 5.13 Å². The molecule has 0 aliphatic heterocycles. The highest BCUT2D eigenvalue weighted by molar-refractivity contribution is 7.89. The molecule has 10 nitrogen and oxygen atoms in total. The number of sulfonamides is 1. The van der Waals surface area contributed by atoms with Crippen molar-refractivity contribution in [3.8, 4) is 0 Å². The molecule has 0 fully saturated rings. The Kier molecular flexibility index (Phi) is 6.72. The summed E-state index contributed by atoms with van der Waals surface area (Å²) in [7, 11) is 1.16. The van der Waals surface area contributed by atoms with E-state index in [0.29, 0.717) is 16.5 Å². The van der Waals surface area contributed by atoms with Crippen LogP contribution < -0.4 is 5.32 Å². The van der Waals surface area contributed by atoms with Gasteiger partial charge in [0, 0.05) is 32.9 Å². The first-order valence-electron chi connectivity index (χ1n) is 9.33. The molecule has 0 unspecified atom stereocenters. The van der Waals surface area contributed by atoms with Crippen LogP contribution in [-0.2, 0) is 37.8 Å². The number of hydrogen-bond donors (Lipinski definition) is 1. The number of carbonyl (C=O) groups is 2. The third kappa shape index (κ3) is 5.27. The van der Waals surface area contributed by atoms with Crippen molar-refractivity contribution in [1.82, 2.24) is 18.8 Å². The van der Waals surface area contributed by atoms with Crippen LogP contribution in [0, 0.1) is 6.92 Å². The number of fused-ring (bicyclic) bond motifs is 1. The number of nitrogens with one attached hydrogen (secondary N) is 1. The Morgan fingerprint density at radius 1 is 1.26 bits per heavy atom. The van der Waals surface area contributed by atoms with E-state index in [1.165, 1.54) is 37.6 Å². The van der Waals surface area contributed by atoms with Gasteiger partial charge in [0.25, 0.3) is 5.91 Å². The van der Waals surface area contributed by atoms with E-state index >= 15 is 0 Å². The third-order valence-electron chi connectivity index (χ3n) is 4.51. The van der Waals surface area contributed by atoms with Gasteiger partial charge < -0.3 is 9.30 Å². The molecule has 166 valence electrons. The maximum atomic E-state index is 12.3. The smallest absolute Gasteiger partial charge is 0.306 e. The molecule has 31 heavy (non-hydrogen) atoms. The highest BCUT2D eigenvalue weighted by Crippen LogP contribution is 2.22. The Labute approximate surface area is 183 Å². The molecule has 2 aromatic heterocycles. The molecule has 3 aromatic rings. The second-order valence-corrected chi connectivity index (χ2v) is 10.0. The first-order valence-corrected chi connectivity index (χ1v) is 11.7. The maximum absolute atomic E-state index is 12.3. The normalized spacial score (nSPS) is 11.8. The summed E-state index contributed by atoms with van der Waals surface area (Å²) in [5, 5.41) is 4.82. The number of carbonyl (C=O) groups excluding carboxylic acids is 2. The highest BCUT2D eigenvalue weighted by Gasteiger charge is 2.19.